The second-order valence-corrected chi connectivity index (χ2v) is 2.17. The summed E-state index contributed by atoms with van der Waals surface area (Å²) < 4.78 is 6.15. The van der Waals surface area contributed by atoms with Gasteiger partial charge in [0.25, 0.3) is 5.91 Å². The molecule has 0 fully saturated rings. The summed E-state index contributed by atoms with van der Waals surface area (Å²) in [5.41, 5.74) is 0. The third-order valence-electron chi connectivity index (χ3n) is 1.36. The molecule has 0 radical (unpaired) electrons. The van der Waals surface area contributed by atoms with Gasteiger partial charge in [-0.25, -0.2) is 4.98 Å². The standard InChI is InChI=1S/C7H10N2O2/c1-6-8-3-4-9(6)7(10)5-11-2/h3-4H,5H2,1-2H3. The molecule has 0 aliphatic heterocycles. The van der Waals surface area contributed by atoms with E-state index in [1.165, 1.54) is 11.7 Å². The molecule has 0 spiro atoms. The second-order valence-electron chi connectivity index (χ2n) is 2.17. The Balaban J connectivity index is 2.76. The average molecular weight is 154 g/mol. The van der Waals surface area contributed by atoms with Crippen molar-refractivity contribution in [3.8, 4) is 0 Å². The van der Waals surface area contributed by atoms with Crippen LogP contribution in [0, 0.1) is 6.92 Å². The molecule has 1 rings (SSSR count). The van der Waals surface area contributed by atoms with Gasteiger partial charge in [0.2, 0.25) is 0 Å². The minimum Gasteiger partial charge on any atom is -0.375 e. The fraction of sp³-hybridized carbons (Fsp3) is 0.429. The summed E-state index contributed by atoms with van der Waals surface area (Å²) in [7, 11) is 1.49. The van der Waals surface area contributed by atoms with E-state index in [9.17, 15) is 4.79 Å². The van der Waals surface area contributed by atoms with Crippen LogP contribution in [0.5, 0.6) is 0 Å². The molecule has 0 unspecified atom stereocenters. The summed E-state index contributed by atoms with van der Waals surface area (Å²) >= 11 is 0. The Hall–Kier alpha value is -1.16. The molecular weight excluding hydrogens is 144 g/mol. The van der Waals surface area contributed by atoms with E-state index in [1.807, 2.05) is 0 Å². The van der Waals surface area contributed by atoms with Crippen LogP contribution in [-0.2, 0) is 4.74 Å². The number of nitrogens with zero attached hydrogens (tertiary/aromatic N) is 2. The van der Waals surface area contributed by atoms with Crippen molar-refractivity contribution in [1.82, 2.24) is 9.55 Å². The number of aryl methyl sites for hydroxylation is 1. The Bertz CT molecular complexity index is 255. The first-order valence-corrected chi connectivity index (χ1v) is 3.28. The highest BCUT2D eigenvalue weighted by molar-refractivity contribution is 5.80. The molecular formula is C7H10N2O2. The Morgan fingerprint density at radius 2 is 2.55 bits per heavy atom. The van der Waals surface area contributed by atoms with Gasteiger partial charge in [0, 0.05) is 19.5 Å². The van der Waals surface area contributed by atoms with Gasteiger partial charge in [0.15, 0.2) is 0 Å². The number of imidazole rings is 1. The Morgan fingerprint density at radius 3 is 3.00 bits per heavy atom. The number of aromatic nitrogens is 2. The zero-order chi connectivity index (χ0) is 8.27. The summed E-state index contributed by atoms with van der Waals surface area (Å²) in [5.74, 6) is 0.592. The lowest BCUT2D eigenvalue weighted by atomic mass is 10.6. The summed E-state index contributed by atoms with van der Waals surface area (Å²) in [6, 6.07) is 0. The van der Waals surface area contributed by atoms with Gasteiger partial charge < -0.3 is 4.74 Å². The molecule has 1 aromatic rings. The van der Waals surface area contributed by atoms with E-state index in [1.54, 1.807) is 19.3 Å². The van der Waals surface area contributed by atoms with Crippen LogP contribution in [0.1, 0.15) is 10.6 Å². The average Bonchev–Trinajstić information content (AvgIpc) is 2.36. The topological polar surface area (TPSA) is 44.1 Å². The van der Waals surface area contributed by atoms with E-state index < -0.39 is 0 Å². The number of carbonyl (C=O) groups excluding carboxylic acids is 1. The van der Waals surface area contributed by atoms with E-state index in [2.05, 4.69) is 9.72 Å². The van der Waals surface area contributed by atoms with Gasteiger partial charge in [-0.05, 0) is 6.92 Å². The first-order valence-electron chi connectivity index (χ1n) is 3.28. The van der Waals surface area contributed by atoms with Crippen LogP contribution >= 0.6 is 0 Å². The molecule has 11 heavy (non-hydrogen) atoms. The van der Waals surface area contributed by atoms with Crippen LogP contribution in [0.3, 0.4) is 0 Å². The molecule has 1 heterocycles. The minimum atomic E-state index is -0.0949. The maximum absolute atomic E-state index is 11.1. The van der Waals surface area contributed by atoms with Crippen molar-refractivity contribution in [2.75, 3.05) is 13.7 Å². The summed E-state index contributed by atoms with van der Waals surface area (Å²) in [6.07, 6.45) is 3.21. The molecule has 0 saturated carbocycles. The quantitative estimate of drug-likeness (QED) is 0.622. The van der Waals surface area contributed by atoms with Crippen molar-refractivity contribution < 1.29 is 9.53 Å². The van der Waals surface area contributed by atoms with Crippen molar-refractivity contribution in [3.05, 3.63) is 18.2 Å². The number of carbonyl (C=O) groups is 1. The maximum atomic E-state index is 11.1. The molecule has 60 valence electrons. The number of hydrogen-bond donors (Lipinski definition) is 0. The van der Waals surface area contributed by atoms with Crippen molar-refractivity contribution in [2.24, 2.45) is 0 Å². The molecule has 0 aromatic carbocycles. The van der Waals surface area contributed by atoms with Crippen molar-refractivity contribution in [2.45, 2.75) is 6.92 Å². The molecule has 0 aliphatic rings. The lowest BCUT2D eigenvalue weighted by Gasteiger charge is -2.00. The van der Waals surface area contributed by atoms with Crippen LogP contribution < -0.4 is 0 Å². The molecule has 0 saturated heterocycles. The van der Waals surface area contributed by atoms with Crippen LogP contribution in [0.2, 0.25) is 0 Å². The molecule has 0 bridgehead atoms. The highest BCUT2D eigenvalue weighted by Gasteiger charge is 2.05. The van der Waals surface area contributed by atoms with Gasteiger partial charge in [0.1, 0.15) is 12.4 Å². The zero-order valence-electron chi connectivity index (χ0n) is 6.57. The number of ether oxygens (including phenoxy) is 1. The summed E-state index contributed by atoms with van der Waals surface area (Å²) in [4.78, 5) is 15.0. The zero-order valence-corrected chi connectivity index (χ0v) is 6.57. The van der Waals surface area contributed by atoms with Gasteiger partial charge in [-0.15, -0.1) is 0 Å². The van der Waals surface area contributed by atoms with Gasteiger partial charge >= 0.3 is 0 Å². The van der Waals surface area contributed by atoms with E-state index >= 15 is 0 Å². The predicted molar refractivity (Wildman–Crippen MR) is 39.5 cm³/mol. The fourth-order valence-corrected chi connectivity index (χ4v) is 0.835. The second kappa shape index (κ2) is 3.30. The van der Waals surface area contributed by atoms with Gasteiger partial charge in [0.05, 0.1) is 0 Å². The lowest BCUT2D eigenvalue weighted by molar-refractivity contribution is 0.0759. The number of hydrogen-bond acceptors (Lipinski definition) is 3. The van der Waals surface area contributed by atoms with Crippen LogP contribution in [-0.4, -0.2) is 29.2 Å². The fourth-order valence-electron chi connectivity index (χ4n) is 0.835. The first-order chi connectivity index (χ1) is 5.25. The Kier molecular flexibility index (Phi) is 2.38. The highest BCUT2D eigenvalue weighted by atomic mass is 16.5. The Morgan fingerprint density at radius 1 is 1.82 bits per heavy atom. The third kappa shape index (κ3) is 1.65. The molecule has 0 amide bonds. The maximum Gasteiger partial charge on any atom is 0.257 e. The normalized spacial score (nSPS) is 10.0. The smallest absolute Gasteiger partial charge is 0.257 e. The van der Waals surface area contributed by atoms with Gasteiger partial charge in [-0.3, -0.25) is 9.36 Å². The first kappa shape index (κ1) is 7.94. The third-order valence-corrected chi connectivity index (χ3v) is 1.36. The van der Waals surface area contributed by atoms with Gasteiger partial charge in [-0.1, -0.05) is 0 Å². The SMILES string of the molecule is COCC(=O)n1ccnc1C. The largest absolute Gasteiger partial charge is 0.375 e. The molecule has 4 nitrogen and oxygen atoms in total. The van der Waals surface area contributed by atoms with Crippen LogP contribution in [0.15, 0.2) is 12.4 Å². The summed E-state index contributed by atoms with van der Waals surface area (Å²) in [5, 5.41) is 0. The molecule has 0 atom stereocenters. The predicted octanol–water partition coefficient (Wildman–Crippen LogP) is 0.478. The monoisotopic (exact) mass is 154 g/mol. The summed E-state index contributed by atoms with van der Waals surface area (Å²) in [6.45, 7) is 1.87. The number of rotatable bonds is 2. The molecule has 1 aromatic heterocycles. The minimum absolute atomic E-state index is 0.0944. The van der Waals surface area contributed by atoms with E-state index in [0.717, 1.165) is 0 Å². The van der Waals surface area contributed by atoms with Crippen molar-refractivity contribution in [3.63, 3.8) is 0 Å². The molecule has 0 N–H and O–H groups in total. The highest BCUT2D eigenvalue weighted by Crippen LogP contribution is 1.94. The van der Waals surface area contributed by atoms with Crippen LogP contribution in [0.4, 0.5) is 0 Å². The Labute approximate surface area is 64.8 Å². The van der Waals surface area contributed by atoms with E-state index in [4.69, 9.17) is 0 Å². The van der Waals surface area contributed by atoms with Crippen LogP contribution in [0.25, 0.3) is 0 Å². The van der Waals surface area contributed by atoms with Crippen molar-refractivity contribution >= 4 is 5.91 Å². The molecule has 4 heteroatoms. The molecule has 0 aliphatic carbocycles. The van der Waals surface area contributed by atoms with Gasteiger partial charge in [-0.2, -0.15) is 0 Å². The van der Waals surface area contributed by atoms with E-state index in [-0.39, 0.29) is 12.5 Å². The number of methoxy groups -OCH3 is 1. The van der Waals surface area contributed by atoms with E-state index in [0.29, 0.717) is 5.82 Å². The lowest BCUT2D eigenvalue weighted by Crippen LogP contribution is -2.16. The van der Waals surface area contributed by atoms with Crippen molar-refractivity contribution in [1.29, 1.82) is 0 Å².